The normalized spacial score (nSPS) is 16.2. The van der Waals surface area contributed by atoms with Crippen molar-refractivity contribution in [2.24, 2.45) is 0 Å². The lowest BCUT2D eigenvalue weighted by Crippen LogP contribution is -2.28. The van der Waals surface area contributed by atoms with Crippen molar-refractivity contribution in [3.63, 3.8) is 0 Å². The van der Waals surface area contributed by atoms with Crippen molar-refractivity contribution < 1.29 is 41.1 Å². The fraction of sp³-hybridized carbons (Fsp3) is 0.238. The molecule has 2 amide bonds. The Morgan fingerprint density at radius 3 is 2.16 bits per heavy atom. The molecule has 5 nitrogen and oxygen atoms in total. The molecule has 1 aliphatic carbocycles. The van der Waals surface area contributed by atoms with Gasteiger partial charge in [-0.05, 0) is 53.8 Å². The Morgan fingerprint density at radius 2 is 1.59 bits per heavy atom. The Kier molecular flexibility index (Phi) is 6.31. The summed E-state index contributed by atoms with van der Waals surface area (Å²) in [6.07, 6.45) is -6.65. The first-order valence-electron chi connectivity index (χ1n) is 9.24. The molecule has 1 unspecified atom stereocenters. The molecule has 2 aromatic rings. The van der Waals surface area contributed by atoms with Crippen molar-refractivity contribution in [2.75, 3.05) is 0 Å². The van der Waals surface area contributed by atoms with Gasteiger partial charge >= 0.3 is 12.4 Å². The highest BCUT2D eigenvalue weighted by atomic mass is 19.4. The van der Waals surface area contributed by atoms with E-state index in [9.17, 15) is 35.9 Å². The van der Waals surface area contributed by atoms with E-state index in [-0.39, 0.29) is 6.07 Å². The third kappa shape index (κ3) is 5.28. The monoisotopic (exact) mass is 458 g/mol. The van der Waals surface area contributed by atoms with Crippen LogP contribution in [0.2, 0.25) is 0 Å². The summed E-state index contributed by atoms with van der Waals surface area (Å²) in [7, 11) is 0. The van der Waals surface area contributed by atoms with Crippen molar-refractivity contribution in [1.29, 1.82) is 0 Å². The van der Waals surface area contributed by atoms with Crippen LogP contribution < -0.4 is 10.8 Å². The molecule has 1 atom stereocenters. The van der Waals surface area contributed by atoms with Gasteiger partial charge < -0.3 is 5.32 Å². The standard InChI is InChI=1S/C21H16F6N2O3/c22-20(23,24)14-8-13(9-15(10-14)21(25,26)27)19(31)28-17-5-3-12-7-11(1-4-16(12)17)2-6-18(30)29-32/h1-2,4,6-10,17,32H,3,5H2,(H,28,31)(H,29,30)/b6-2+. The van der Waals surface area contributed by atoms with Crippen LogP contribution in [0.3, 0.4) is 0 Å². The second-order valence-corrected chi connectivity index (χ2v) is 7.13. The number of hydrogen-bond donors (Lipinski definition) is 3. The average Bonchev–Trinajstić information content (AvgIpc) is 3.12. The molecule has 0 aromatic heterocycles. The van der Waals surface area contributed by atoms with E-state index in [4.69, 9.17) is 5.21 Å². The summed E-state index contributed by atoms with van der Waals surface area (Å²) < 4.78 is 78.2. The third-order valence-corrected chi connectivity index (χ3v) is 4.94. The molecule has 170 valence electrons. The smallest absolute Gasteiger partial charge is 0.345 e. The third-order valence-electron chi connectivity index (χ3n) is 4.94. The van der Waals surface area contributed by atoms with Gasteiger partial charge in [-0.2, -0.15) is 26.3 Å². The summed E-state index contributed by atoms with van der Waals surface area (Å²) in [5.74, 6) is -1.78. The van der Waals surface area contributed by atoms with Gasteiger partial charge in [0.05, 0.1) is 17.2 Å². The van der Waals surface area contributed by atoms with Gasteiger partial charge in [0.25, 0.3) is 11.8 Å². The van der Waals surface area contributed by atoms with E-state index in [0.717, 1.165) is 11.6 Å². The number of hydroxylamine groups is 1. The quantitative estimate of drug-likeness (QED) is 0.270. The first-order valence-corrected chi connectivity index (χ1v) is 9.24. The molecule has 0 spiro atoms. The number of carbonyl (C=O) groups is 2. The van der Waals surface area contributed by atoms with Crippen molar-refractivity contribution in [3.8, 4) is 0 Å². The van der Waals surface area contributed by atoms with Crippen molar-refractivity contribution >= 4 is 17.9 Å². The molecule has 1 aliphatic rings. The molecule has 0 saturated heterocycles. The molecule has 0 aliphatic heterocycles. The SMILES string of the molecule is O=C(/C=C/c1ccc2c(c1)CCC2NC(=O)c1cc(C(F)(F)F)cc(C(F)(F)F)c1)NO. The van der Waals surface area contributed by atoms with Crippen LogP contribution in [0.5, 0.6) is 0 Å². The molecule has 0 saturated carbocycles. The molecule has 3 N–H and O–H groups in total. The van der Waals surface area contributed by atoms with Gasteiger partial charge in [-0.3, -0.25) is 14.8 Å². The highest BCUT2D eigenvalue weighted by molar-refractivity contribution is 5.95. The lowest BCUT2D eigenvalue weighted by molar-refractivity contribution is -0.143. The van der Waals surface area contributed by atoms with Crippen LogP contribution in [0.15, 0.2) is 42.5 Å². The van der Waals surface area contributed by atoms with Crippen molar-refractivity contribution in [1.82, 2.24) is 10.8 Å². The number of carbonyl (C=O) groups excluding carboxylic acids is 2. The zero-order valence-corrected chi connectivity index (χ0v) is 16.1. The molecule has 0 bridgehead atoms. The van der Waals surface area contributed by atoms with E-state index in [1.807, 2.05) is 0 Å². The summed E-state index contributed by atoms with van der Waals surface area (Å²) in [6.45, 7) is 0. The van der Waals surface area contributed by atoms with Gasteiger partial charge in [-0.15, -0.1) is 0 Å². The highest BCUT2D eigenvalue weighted by Gasteiger charge is 2.37. The van der Waals surface area contributed by atoms with E-state index >= 15 is 0 Å². The maximum absolute atomic E-state index is 13.0. The molecule has 0 heterocycles. The molecule has 11 heteroatoms. The van der Waals surface area contributed by atoms with Crippen LogP contribution in [0.1, 0.15) is 50.6 Å². The number of amides is 2. The molecule has 2 aromatic carbocycles. The zero-order chi connectivity index (χ0) is 23.7. The van der Waals surface area contributed by atoms with Crippen LogP contribution >= 0.6 is 0 Å². The van der Waals surface area contributed by atoms with E-state index in [0.29, 0.717) is 36.1 Å². The number of aryl methyl sites for hydroxylation is 1. The fourth-order valence-electron chi connectivity index (χ4n) is 3.43. The minimum absolute atomic E-state index is 0.0340. The number of benzene rings is 2. The van der Waals surface area contributed by atoms with Crippen LogP contribution in [-0.4, -0.2) is 17.0 Å². The topological polar surface area (TPSA) is 78.4 Å². The van der Waals surface area contributed by atoms with Crippen LogP contribution in [0, 0.1) is 0 Å². The predicted molar refractivity (Wildman–Crippen MR) is 100 cm³/mol. The zero-order valence-electron chi connectivity index (χ0n) is 16.1. The largest absolute Gasteiger partial charge is 0.416 e. The molecule has 0 radical (unpaired) electrons. The predicted octanol–water partition coefficient (Wildman–Crippen LogP) is 4.66. The number of hydrogen-bond acceptors (Lipinski definition) is 3. The van der Waals surface area contributed by atoms with Gasteiger partial charge in [-0.25, -0.2) is 5.48 Å². The van der Waals surface area contributed by atoms with Crippen molar-refractivity contribution in [3.05, 3.63) is 75.9 Å². The Hall–Kier alpha value is -3.34. The lowest BCUT2D eigenvalue weighted by atomic mass is 10.0. The van der Waals surface area contributed by atoms with E-state index in [1.54, 1.807) is 18.2 Å². The molecular formula is C21H16F6N2O3. The minimum Gasteiger partial charge on any atom is -0.345 e. The summed E-state index contributed by atoms with van der Waals surface area (Å²) in [4.78, 5) is 23.6. The van der Waals surface area contributed by atoms with Crippen LogP contribution in [0.4, 0.5) is 26.3 Å². The molecule has 32 heavy (non-hydrogen) atoms. The van der Waals surface area contributed by atoms with Crippen LogP contribution in [-0.2, 0) is 23.6 Å². The lowest BCUT2D eigenvalue weighted by Gasteiger charge is -2.17. The Labute approximate surface area is 177 Å². The maximum Gasteiger partial charge on any atom is 0.416 e. The number of rotatable bonds is 4. The van der Waals surface area contributed by atoms with Gasteiger partial charge in [0, 0.05) is 11.6 Å². The van der Waals surface area contributed by atoms with E-state index in [2.05, 4.69) is 5.32 Å². The first-order chi connectivity index (χ1) is 14.9. The van der Waals surface area contributed by atoms with E-state index in [1.165, 1.54) is 11.6 Å². The molecule has 3 rings (SSSR count). The molecule has 0 fully saturated rings. The second-order valence-electron chi connectivity index (χ2n) is 7.13. The Balaban J connectivity index is 1.84. The van der Waals surface area contributed by atoms with Gasteiger partial charge in [0.2, 0.25) is 0 Å². The van der Waals surface area contributed by atoms with Gasteiger partial charge in [-0.1, -0.05) is 18.2 Å². The number of fused-ring (bicyclic) bond motifs is 1. The molecular weight excluding hydrogens is 442 g/mol. The number of alkyl halides is 6. The summed E-state index contributed by atoms with van der Waals surface area (Å²) in [6, 6.07) is 5.15. The van der Waals surface area contributed by atoms with Crippen molar-refractivity contribution in [2.45, 2.75) is 31.2 Å². The second kappa shape index (κ2) is 8.65. The minimum atomic E-state index is -5.05. The van der Waals surface area contributed by atoms with E-state index < -0.39 is 46.9 Å². The number of halogens is 6. The number of nitrogens with one attached hydrogen (secondary N) is 2. The average molecular weight is 458 g/mol. The van der Waals surface area contributed by atoms with Gasteiger partial charge in [0.1, 0.15) is 0 Å². The van der Waals surface area contributed by atoms with Crippen LogP contribution in [0.25, 0.3) is 6.08 Å². The fourth-order valence-corrected chi connectivity index (χ4v) is 3.43. The summed E-state index contributed by atoms with van der Waals surface area (Å²) in [5.41, 5.74) is -0.311. The summed E-state index contributed by atoms with van der Waals surface area (Å²) >= 11 is 0. The first kappa shape index (κ1) is 23.3. The Morgan fingerprint density at radius 1 is 0.969 bits per heavy atom. The highest BCUT2D eigenvalue weighted by Crippen LogP contribution is 2.37. The Bertz CT molecular complexity index is 1040. The maximum atomic E-state index is 13.0. The summed E-state index contributed by atoms with van der Waals surface area (Å²) in [5, 5.41) is 11.0. The van der Waals surface area contributed by atoms with Gasteiger partial charge in [0.15, 0.2) is 0 Å².